The van der Waals surface area contributed by atoms with Crippen LogP contribution >= 0.6 is 11.8 Å². The smallest absolute Gasteiger partial charge is 0.276 e. The molecule has 0 radical (unpaired) electrons. The van der Waals surface area contributed by atoms with Crippen molar-refractivity contribution >= 4 is 23.4 Å². The molecule has 1 amide bonds. The van der Waals surface area contributed by atoms with Crippen LogP contribution in [-0.4, -0.2) is 61.9 Å². The molecule has 0 N–H and O–H groups in total. The highest BCUT2D eigenvalue weighted by Gasteiger charge is 2.29. The molecule has 1 aliphatic rings. The fourth-order valence-corrected chi connectivity index (χ4v) is 4.68. The van der Waals surface area contributed by atoms with Crippen molar-refractivity contribution in [3.8, 4) is 5.69 Å². The molecule has 0 saturated carbocycles. The Bertz CT molecular complexity index is 1310. The third kappa shape index (κ3) is 4.99. The molecule has 35 heavy (non-hydrogen) atoms. The van der Waals surface area contributed by atoms with E-state index in [1.165, 1.54) is 34.6 Å². The van der Waals surface area contributed by atoms with Gasteiger partial charge in [-0.3, -0.25) is 4.79 Å². The van der Waals surface area contributed by atoms with Crippen LogP contribution < -0.4 is 4.90 Å². The van der Waals surface area contributed by atoms with Gasteiger partial charge in [0, 0.05) is 44.3 Å². The molecule has 2 aromatic carbocycles. The van der Waals surface area contributed by atoms with Gasteiger partial charge >= 0.3 is 0 Å². The summed E-state index contributed by atoms with van der Waals surface area (Å²) >= 11 is 1.35. The Morgan fingerprint density at radius 3 is 2.34 bits per heavy atom. The van der Waals surface area contributed by atoms with Crippen LogP contribution in [0.1, 0.15) is 16.2 Å². The average Bonchev–Trinajstić information content (AvgIpc) is 3.32. The van der Waals surface area contributed by atoms with Crippen molar-refractivity contribution in [2.45, 2.75) is 10.9 Å². The van der Waals surface area contributed by atoms with Crippen LogP contribution in [-0.2, 0) is 5.75 Å². The van der Waals surface area contributed by atoms with E-state index >= 15 is 0 Å². The lowest BCUT2D eigenvalue weighted by molar-refractivity contribution is 0.0739. The molecule has 0 spiro atoms. The van der Waals surface area contributed by atoms with Crippen LogP contribution in [0.2, 0.25) is 0 Å². The van der Waals surface area contributed by atoms with Gasteiger partial charge in [-0.2, -0.15) is 0 Å². The van der Waals surface area contributed by atoms with Crippen LogP contribution in [0.25, 0.3) is 5.69 Å². The highest BCUT2D eigenvalue weighted by atomic mass is 32.2. The molecule has 1 saturated heterocycles. The maximum absolute atomic E-state index is 14.2. The van der Waals surface area contributed by atoms with Crippen LogP contribution in [0.3, 0.4) is 0 Å². The van der Waals surface area contributed by atoms with Gasteiger partial charge in [-0.25, -0.2) is 23.4 Å². The molecule has 3 heterocycles. The molecule has 5 rings (SSSR count). The highest BCUT2D eigenvalue weighted by molar-refractivity contribution is 7.98. The summed E-state index contributed by atoms with van der Waals surface area (Å²) in [5.74, 6) is -0.565. The van der Waals surface area contributed by atoms with Crippen molar-refractivity contribution in [1.29, 1.82) is 0 Å². The summed E-state index contributed by atoms with van der Waals surface area (Å²) in [4.78, 5) is 25.5. The average molecular weight is 494 g/mol. The largest absolute Gasteiger partial charge is 0.366 e. The molecule has 1 aliphatic heterocycles. The summed E-state index contributed by atoms with van der Waals surface area (Å²) < 4.78 is 29.2. The lowest BCUT2D eigenvalue weighted by atomic mass is 10.2. The molecule has 8 nitrogen and oxygen atoms in total. The predicted molar refractivity (Wildman–Crippen MR) is 127 cm³/mol. The van der Waals surface area contributed by atoms with Gasteiger partial charge < -0.3 is 9.80 Å². The Labute approximate surface area is 204 Å². The second kappa shape index (κ2) is 10.2. The molecule has 0 bridgehead atoms. The Hall–Kier alpha value is -3.86. The number of amides is 1. The van der Waals surface area contributed by atoms with E-state index in [0.29, 0.717) is 54.2 Å². The molecule has 178 valence electrons. The maximum Gasteiger partial charge on any atom is 0.276 e. The van der Waals surface area contributed by atoms with Gasteiger partial charge in [0.15, 0.2) is 10.9 Å². The first-order chi connectivity index (χ1) is 17.1. The summed E-state index contributed by atoms with van der Waals surface area (Å²) in [5, 5.41) is 8.95. The summed E-state index contributed by atoms with van der Waals surface area (Å²) in [7, 11) is 0. The number of thioether (sulfide) groups is 1. The quantitative estimate of drug-likeness (QED) is 0.300. The molecule has 4 aromatic rings. The third-order valence-corrected chi connectivity index (χ3v) is 6.56. The Morgan fingerprint density at radius 2 is 1.63 bits per heavy atom. The number of rotatable bonds is 6. The molecule has 0 atom stereocenters. The zero-order valence-corrected chi connectivity index (χ0v) is 19.4. The number of hydrogen-bond donors (Lipinski definition) is 0. The highest BCUT2D eigenvalue weighted by Crippen LogP contribution is 2.25. The zero-order chi connectivity index (χ0) is 24.2. The summed E-state index contributed by atoms with van der Waals surface area (Å²) in [6.45, 7) is 1.84. The molecular weight excluding hydrogens is 472 g/mol. The molecule has 11 heteroatoms. The molecule has 0 aliphatic carbocycles. The fourth-order valence-electron chi connectivity index (χ4n) is 3.89. The van der Waals surface area contributed by atoms with Gasteiger partial charge in [0.2, 0.25) is 0 Å². The van der Waals surface area contributed by atoms with E-state index in [1.54, 1.807) is 53.7 Å². The molecular formula is C24H21F2N7OS. The van der Waals surface area contributed by atoms with Crippen molar-refractivity contribution in [2.75, 3.05) is 31.1 Å². The van der Waals surface area contributed by atoms with E-state index in [9.17, 15) is 13.6 Å². The second-order valence-corrected chi connectivity index (χ2v) is 8.77. The molecule has 2 aromatic heterocycles. The van der Waals surface area contributed by atoms with Gasteiger partial charge in [0.25, 0.3) is 5.91 Å². The van der Waals surface area contributed by atoms with Crippen LogP contribution in [0.5, 0.6) is 0 Å². The van der Waals surface area contributed by atoms with E-state index in [2.05, 4.69) is 20.3 Å². The van der Waals surface area contributed by atoms with Gasteiger partial charge in [0.1, 0.15) is 11.6 Å². The lowest BCUT2D eigenvalue weighted by Crippen LogP contribution is -2.49. The molecule has 0 unspecified atom stereocenters. The Balaban J connectivity index is 1.38. The van der Waals surface area contributed by atoms with E-state index < -0.39 is 0 Å². The van der Waals surface area contributed by atoms with E-state index in [0.717, 1.165) is 0 Å². The normalized spacial score (nSPS) is 13.8. The second-order valence-electron chi connectivity index (χ2n) is 7.82. The van der Waals surface area contributed by atoms with Gasteiger partial charge in [0.05, 0.1) is 17.1 Å². The lowest BCUT2D eigenvalue weighted by Gasteiger charge is -2.36. The number of nitrogens with zero attached hydrogens (tertiary/aromatic N) is 7. The third-order valence-electron chi connectivity index (χ3n) is 5.68. The zero-order valence-electron chi connectivity index (χ0n) is 18.6. The number of hydrogen-bond acceptors (Lipinski definition) is 7. The van der Waals surface area contributed by atoms with Crippen molar-refractivity contribution in [2.24, 2.45) is 0 Å². The monoisotopic (exact) mass is 493 g/mol. The number of carbonyl (C=O) groups excluding carboxylic acids is 1. The van der Waals surface area contributed by atoms with E-state index in [4.69, 9.17) is 0 Å². The minimum atomic E-state index is -0.369. The number of carbonyl (C=O) groups is 1. The first kappa shape index (κ1) is 22.9. The number of anilines is 1. The number of para-hydroxylation sites is 1. The van der Waals surface area contributed by atoms with Crippen molar-refractivity contribution in [1.82, 2.24) is 29.9 Å². The Kier molecular flexibility index (Phi) is 6.66. The predicted octanol–water partition coefficient (Wildman–Crippen LogP) is 3.59. The van der Waals surface area contributed by atoms with Crippen molar-refractivity contribution in [3.05, 3.63) is 90.0 Å². The topological polar surface area (TPSA) is 80.0 Å². The first-order valence-corrected chi connectivity index (χ1v) is 12.0. The standard InChI is InChI=1S/C24H21F2N7OS/c25-17-6-8-18(9-7-17)33-21(16-35-24-27-10-3-11-28-24)22(29-30-33)23(34)32-14-12-31(13-15-32)20-5-2-1-4-19(20)26/h1-11H,12-16H2. The minimum Gasteiger partial charge on any atom is -0.366 e. The summed E-state index contributed by atoms with van der Waals surface area (Å²) in [6, 6.07) is 14.2. The van der Waals surface area contributed by atoms with Crippen molar-refractivity contribution in [3.63, 3.8) is 0 Å². The number of halogens is 2. The Morgan fingerprint density at radius 1 is 0.914 bits per heavy atom. The SMILES string of the molecule is O=C(c1nnn(-c2ccc(F)cc2)c1CSc1ncccn1)N1CCN(c2ccccc2F)CC1. The number of piperazine rings is 1. The number of aromatic nitrogens is 5. The maximum atomic E-state index is 14.2. The van der Waals surface area contributed by atoms with Gasteiger partial charge in [-0.15, -0.1) is 5.10 Å². The van der Waals surface area contributed by atoms with E-state index in [-0.39, 0.29) is 23.2 Å². The van der Waals surface area contributed by atoms with E-state index in [1.807, 2.05) is 4.90 Å². The minimum absolute atomic E-state index is 0.220. The van der Waals surface area contributed by atoms with Crippen molar-refractivity contribution < 1.29 is 13.6 Å². The summed E-state index contributed by atoms with van der Waals surface area (Å²) in [6.07, 6.45) is 3.29. The van der Waals surface area contributed by atoms with Gasteiger partial charge in [-0.1, -0.05) is 29.1 Å². The van der Waals surface area contributed by atoms with Crippen LogP contribution in [0, 0.1) is 11.6 Å². The summed E-state index contributed by atoms with van der Waals surface area (Å²) in [5.41, 5.74) is 1.90. The molecule has 1 fully saturated rings. The number of benzene rings is 2. The van der Waals surface area contributed by atoms with Gasteiger partial charge in [-0.05, 0) is 42.5 Å². The first-order valence-electron chi connectivity index (χ1n) is 11.0. The van der Waals surface area contributed by atoms with Crippen LogP contribution in [0.15, 0.2) is 72.1 Å². The van der Waals surface area contributed by atoms with Crippen LogP contribution in [0.4, 0.5) is 14.5 Å². The fraction of sp³-hybridized carbons (Fsp3) is 0.208.